The Hall–Kier alpha value is 0.140. The van der Waals surface area contributed by atoms with Crippen molar-refractivity contribution < 1.29 is 4.79 Å². The Morgan fingerprint density at radius 3 is 2.71 bits per heavy atom. The summed E-state index contributed by atoms with van der Waals surface area (Å²) in [4.78, 5) is 10.9. The highest BCUT2D eigenvalue weighted by molar-refractivity contribution is 9.11. The van der Waals surface area contributed by atoms with Gasteiger partial charge in [-0.05, 0) is 24.1 Å². The van der Waals surface area contributed by atoms with Gasteiger partial charge in [0, 0.05) is 10.4 Å². The van der Waals surface area contributed by atoms with Gasteiger partial charge in [-0.1, -0.05) is 44.0 Å². The summed E-state index contributed by atoms with van der Waals surface area (Å²) in [6, 6.07) is 5.77. The molecule has 0 spiro atoms. The first-order valence-corrected chi connectivity index (χ1v) is 6.29. The van der Waals surface area contributed by atoms with Gasteiger partial charge in [0.15, 0.2) is 0 Å². The van der Waals surface area contributed by atoms with E-state index in [0.717, 1.165) is 15.6 Å². The summed E-state index contributed by atoms with van der Waals surface area (Å²) in [5, 5.41) is 0. The number of benzene rings is 1. The van der Waals surface area contributed by atoms with E-state index in [2.05, 4.69) is 31.9 Å². The summed E-state index contributed by atoms with van der Waals surface area (Å²) in [7, 11) is 0. The normalized spacial score (nSPS) is 12.6. The highest BCUT2D eigenvalue weighted by Gasteiger charge is 2.15. The molecule has 1 atom stereocenters. The van der Waals surface area contributed by atoms with Crippen LogP contribution in [0, 0.1) is 0 Å². The summed E-state index contributed by atoms with van der Waals surface area (Å²) in [6.07, 6.45) is 0. The molecule has 0 saturated carbocycles. The van der Waals surface area contributed by atoms with E-state index in [-0.39, 0.29) is 10.6 Å². The van der Waals surface area contributed by atoms with Crippen LogP contribution in [0.15, 0.2) is 22.7 Å². The highest BCUT2D eigenvalue weighted by Crippen LogP contribution is 2.31. The lowest BCUT2D eigenvalue weighted by atomic mass is 10.1. The first-order valence-electron chi connectivity index (χ1n) is 4.05. The lowest BCUT2D eigenvalue weighted by Crippen LogP contribution is -2.02. The van der Waals surface area contributed by atoms with E-state index < -0.39 is 0 Å². The zero-order valence-electron chi connectivity index (χ0n) is 7.56. The average molecular weight is 340 g/mol. The van der Waals surface area contributed by atoms with Gasteiger partial charge in [0.05, 0.1) is 4.83 Å². The predicted octanol–water partition coefficient (Wildman–Crippen LogP) is 4.21. The largest absolute Gasteiger partial charge is 0.298 e. The van der Waals surface area contributed by atoms with Crippen LogP contribution >= 0.6 is 43.5 Å². The number of alkyl halides is 2. The third-order valence-corrected chi connectivity index (χ3v) is 4.01. The number of hydrogen-bond donors (Lipinski definition) is 0. The van der Waals surface area contributed by atoms with Crippen LogP contribution in [0.2, 0.25) is 0 Å². The SMILES string of the molecule is CC(=O)C(Br)c1cc(CCl)ccc1Br. The maximum absolute atomic E-state index is 11.2. The second-order valence-corrected chi connectivity index (χ2v) is 5.00. The van der Waals surface area contributed by atoms with Crippen LogP contribution in [0.25, 0.3) is 0 Å². The Labute approximate surface area is 105 Å². The van der Waals surface area contributed by atoms with Crippen LogP contribution < -0.4 is 0 Å². The number of rotatable bonds is 3. The van der Waals surface area contributed by atoms with Gasteiger partial charge < -0.3 is 0 Å². The topological polar surface area (TPSA) is 17.1 Å². The fourth-order valence-electron chi connectivity index (χ4n) is 1.09. The van der Waals surface area contributed by atoms with Crippen molar-refractivity contribution in [2.24, 2.45) is 0 Å². The lowest BCUT2D eigenvalue weighted by Gasteiger charge is -2.10. The van der Waals surface area contributed by atoms with Crippen molar-refractivity contribution in [2.45, 2.75) is 17.6 Å². The number of halogens is 3. The maximum Gasteiger partial charge on any atom is 0.147 e. The summed E-state index contributed by atoms with van der Waals surface area (Å²) in [5.41, 5.74) is 1.94. The summed E-state index contributed by atoms with van der Waals surface area (Å²) >= 11 is 12.5. The van der Waals surface area contributed by atoms with Crippen molar-refractivity contribution in [3.05, 3.63) is 33.8 Å². The van der Waals surface area contributed by atoms with Crippen LogP contribution in [0.5, 0.6) is 0 Å². The van der Waals surface area contributed by atoms with Crippen molar-refractivity contribution in [1.82, 2.24) is 0 Å². The summed E-state index contributed by atoms with van der Waals surface area (Å²) < 4.78 is 0.920. The Bertz CT molecular complexity index is 352. The van der Waals surface area contributed by atoms with Gasteiger partial charge >= 0.3 is 0 Å². The van der Waals surface area contributed by atoms with Crippen LogP contribution in [0.1, 0.15) is 22.9 Å². The summed E-state index contributed by atoms with van der Waals surface area (Å²) in [5.74, 6) is 0.537. The first kappa shape index (κ1) is 12.2. The Balaban J connectivity index is 3.11. The number of ketones is 1. The molecule has 0 saturated heterocycles. The van der Waals surface area contributed by atoms with E-state index in [9.17, 15) is 4.79 Å². The molecule has 0 amide bonds. The molecule has 0 aliphatic carbocycles. The molecule has 0 aromatic heterocycles. The molecule has 1 aromatic carbocycles. The molecule has 0 bridgehead atoms. The number of carbonyl (C=O) groups is 1. The highest BCUT2D eigenvalue weighted by atomic mass is 79.9. The molecule has 1 nitrogen and oxygen atoms in total. The quantitative estimate of drug-likeness (QED) is 0.753. The third kappa shape index (κ3) is 2.81. The first-order chi connectivity index (χ1) is 6.56. The molecule has 14 heavy (non-hydrogen) atoms. The van der Waals surface area contributed by atoms with E-state index in [1.165, 1.54) is 0 Å². The second kappa shape index (κ2) is 5.29. The Morgan fingerprint density at radius 1 is 1.57 bits per heavy atom. The molecule has 0 fully saturated rings. The van der Waals surface area contributed by atoms with Crippen molar-refractivity contribution in [2.75, 3.05) is 0 Å². The third-order valence-electron chi connectivity index (χ3n) is 1.84. The van der Waals surface area contributed by atoms with Gasteiger partial charge in [-0.15, -0.1) is 11.6 Å². The van der Waals surface area contributed by atoms with Gasteiger partial charge in [-0.2, -0.15) is 0 Å². The fraction of sp³-hybridized carbons (Fsp3) is 0.300. The van der Waals surface area contributed by atoms with Crippen LogP contribution in [-0.2, 0) is 10.7 Å². The van der Waals surface area contributed by atoms with E-state index >= 15 is 0 Å². The standard InChI is InChI=1S/C10H9Br2ClO/c1-6(14)10(12)8-4-7(5-13)2-3-9(8)11/h2-4,10H,5H2,1H3. The van der Waals surface area contributed by atoms with Gasteiger partial charge in [0.25, 0.3) is 0 Å². The van der Waals surface area contributed by atoms with Crippen molar-refractivity contribution in [1.29, 1.82) is 0 Å². The average Bonchev–Trinajstić information content (AvgIpc) is 2.17. The number of Topliss-reactive ketones (excluding diaryl/α,β-unsaturated/α-hetero) is 1. The van der Waals surface area contributed by atoms with Crippen molar-refractivity contribution in [3.63, 3.8) is 0 Å². The van der Waals surface area contributed by atoms with Crippen LogP contribution in [0.3, 0.4) is 0 Å². The van der Waals surface area contributed by atoms with E-state index in [1.54, 1.807) is 6.92 Å². The van der Waals surface area contributed by atoms with E-state index in [1.807, 2.05) is 18.2 Å². The van der Waals surface area contributed by atoms with Gasteiger partial charge in [-0.3, -0.25) is 4.79 Å². The molecule has 0 N–H and O–H groups in total. The molecule has 1 rings (SSSR count). The Morgan fingerprint density at radius 2 is 2.21 bits per heavy atom. The lowest BCUT2D eigenvalue weighted by molar-refractivity contribution is -0.116. The monoisotopic (exact) mass is 338 g/mol. The molecule has 0 aliphatic heterocycles. The second-order valence-electron chi connectivity index (χ2n) is 2.96. The van der Waals surface area contributed by atoms with Gasteiger partial charge in [-0.25, -0.2) is 0 Å². The molecule has 4 heteroatoms. The zero-order valence-corrected chi connectivity index (χ0v) is 11.5. The Kier molecular flexibility index (Phi) is 4.61. The smallest absolute Gasteiger partial charge is 0.147 e. The molecule has 0 radical (unpaired) electrons. The molecular weight excluding hydrogens is 331 g/mol. The molecule has 0 heterocycles. The molecule has 1 unspecified atom stereocenters. The zero-order chi connectivity index (χ0) is 10.7. The van der Waals surface area contributed by atoms with Gasteiger partial charge in [0.2, 0.25) is 0 Å². The predicted molar refractivity (Wildman–Crippen MR) is 66.0 cm³/mol. The van der Waals surface area contributed by atoms with E-state index in [4.69, 9.17) is 11.6 Å². The van der Waals surface area contributed by atoms with Crippen LogP contribution in [0.4, 0.5) is 0 Å². The molecule has 1 aromatic rings. The molecule has 76 valence electrons. The van der Waals surface area contributed by atoms with Crippen LogP contribution in [-0.4, -0.2) is 5.78 Å². The minimum Gasteiger partial charge on any atom is -0.298 e. The van der Waals surface area contributed by atoms with Gasteiger partial charge in [0.1, 0.15) is 5.78 Å². The number of carbonyl (C=O) groups excluding carboxylic acids is 1. The summed E-state index contributed by atoms with van der Waals surface area (Å²) in [6.45, 7) is 1.55. The van der Waals surface area contributed by atoms with Crippen molar-refractivity contribution >= 4 is 49.2 Å². The minimum absolute atomic E-state index is 0.0809. The minimum atomic E-state index is -0.264. The molecule has 0 aliphatic rings. The molecular formula is C10H9Br2ClO. The maximum atomic E-state index is 11.2. The number of hydrogen-bond acceptors (Lipinski definition) is 1. The van der Waals surface area contributed by atoms with E-state index in [0.29, 0.717) is 5.88 Å². The van der Waals surface area contributed by atoms with Crippen molar-refractivity contribution in [3.8, 4) is 0 Å². The fourth-order valence-corrected chi connectivity index (χ4v) is 2.42.